The van der Waals surface area contributed by atoms with Crippen LogP contribution in [0.25, 0.3) is 6.08 Å². The van der Waals surface area contributed by atoms with Gasteiger partial charge in [-0.05, 0) is 102 Å². The fourth-order valence-corrected chi connectivity index (χ4v) is 7.49. The smallest absolute Gasteiger partial charge is 0.328 e. The lowest BCUT2D eigenvalue weighted by Crippen LogP contribution is -2.34. The standard InChI is InChI=1S/C29H33NO5S2/c1-19(2)16-30(37(33,34)29-12-20(3)18-36-29)26-14-23-6-5-7-24(23)15-27(26)35-17-25-10-8-22(13-21(25)4)9-11-28(31)32/h8-15,18-19H,5-7,16-17H2,1-4H3,(H,31,32). The first-order valence-electron chi connectivity index (χ1n) is 12.4. The molecule has 1 aliphatic carbocycles. The van der Waals surface area contributed by atoms with E-state index in [9.17, 15) is 13.2 Å². The van der Waals surface area contributed by atoms with Crippen molar-refractivity contribution in [2.45, 2.75) is 57.8 Å². The van der Waals surface area contributed by atoms with E-state index < -0.39 is 16.0 Å². The van der Waals surface area contributed by atoms with E-state index in [1.165, 1.54) is 26.8 Å². The number of hydrogen-bond donors (Lipinski definition) is 1. The zero-order valence-electron chi connectivity index (χ0n) is 21.7. The molecule has 0 saturated carbocycles. The highest BCUT2D eigenvalue weighted by Gasteiger charge is 2.31. The maximum Gasteiger partial charge on any atom is 0.328 e. The number of carbonyl (C=O) groups is 1. The molecule has 0 bridgehead atoms. The van der Waals surface area contributed by atoms with Crippen LogP contribution in [-0.2, 0) is 34.3 Å². The number of ether oxygens (including phenoxy) is 1. The summed E-state index contributed by atoms with van der Waals surface area (Å²) in [5.74, 6) is -0.314. The van der Waals surface area contributed by atoms with E-state index in [1.54, 1.807) is 12.1 Å². The van der Waals surface area contributed by atoms with Crippen molar-refractivity contribution in [1.82, 2.24) is 0 Å². The second-order valence-electron chi connectivity index (χ2n) is 9.96. The minimum atomic E-state index is -3.76. The van der Waals surface area contributed by atoms with Crippen LogP contribution in [0.15, 0.2) is 52.1 Å². The average Bonchev–Trinajstić information content (AvgIpc) is 3.48. The highest BCUT2D eigenvalue weighted by molar-refractivity contribution is 7.94. The Kier molecular flexibility index (Phi) is 8.09. The normalized spacial score (nSPS) is 13.3. The number of anilines is 1. The number of hydrogen-bond acceptors (Lipinski definition) is 5. The molecule has 3 aromatic rings. The van der Waals surface area contributed by atoms with Crippen molar-refractivity contribution < 1.29 is 23.1 Å². The van der Waals surface area contributed by atoms with Crippen LogP contribution in [0.4, 0.5) is 5.69 Å². The largest absolute Gasteiger partial charge is 0.487 e. The molecule has 0 amide bonds. The summed E-state index contributed by atoms with van der Waals surface area (Å²) in [6, 6.07) is 11.4. The first kappa shape index (κ1) is 26.9. The fraction of sp³-hybridized carbons (Fsp3) is 0.345. The number of benzene rings is 2. The van der Waals surface area contributed by atoms with E-state index in [1.807, 2.05) is 63.4 Å². The number of carboxylic acids is 1. The van der Waals surface area contributed by atoms with Crippen LogP contribution >= 0.6 is 11.3 Å². The van der Waals surface area contributed by atoms with E-state index in [0.29, 0.717) is 22.2 Å². The predicted octanol–water partition coefficient (Wildman–Crippen LogP) is 6.38. The minimum Gasteiger partial charge on any atom is -0.487 e. The molecule has 6 nitrogen and oxygen atoms in total. The quantitative estimate of drug-likeness (QED) is 0.302. The lowest BCUT2D eigenvalue weighted by Gasteiger charge is -2.28. The van der Waals surface area contributed by atoms with Gasteiger partial charge >= 0.3 is 5.97 Å². The van der Waals surface area contributed by atoms with E-state index in [4.69, 9.17) is 9.84 Å². The Labute approximate surface area is 223 Å². The molecule has 0 radical (unpaired) electrons. The van der Waals surface area contributed by atoms with Crippen LogP contribution in [-0.4, -0.2) is 26.0 Å². The van der Waals surface area contributed by atoms with Crippen molar-refractivity contribution in [3.05, 3.63) is 81.2 Å². The molecular weight excluding hydrogens is 506 g/mol. The number of fused-ring (bicyclic) bond motifs is 1. The first-order chi connectivity index (χ1) is 17.5. The number of rotatable bonds is 10. The van der Waals surface area contributed by atoms with Gasteiger partial charge in [0, 0.05) is 12.6 Å². The number of sulfonamides is 1. The highest BCUT2D eigenvalue weighted by atomic mass is 32.2. The third-order valence-electron chi connectivity index (χ3n) is 6.39. The number of aryl methyl sites for hydroxylation is 4. The molecule has 1 aliphatic rings. The molecule has 0 unspecified atom stereocenters. The predicted molar refractivity (Wildman–Crippen MR) is 149 cm³/mol. The van der Waals surface area contributed by atoms with Gasteiger partial charge in [0.15, 0.2) is 0 Å². The second kappa shape index (κ2) is 11.1. The summed E-state index contributed by atoms with van der Waals surface area (Å²) < 4.78 is 35.9. The zero-order chi connectivity index (χ0) is 26.7. The number of carboxylic acid groups (broad SMARTS) is 1. The van der Waals surface area contributed by atoms with Crippen molar-refractivity contribution in [2.24, 2.45) is 5.92 Å². The minimum absolute atomic E-state index is 0.116. The molecule has 0 aliphatic heterocycles. The fourth-order valence-electron chi connectivity index (χ4n) is 4.51. The number of thiophene rings is 1. The van der Waals surface area contributed by atoms with Gasteiger partial charge in [-0.2, -0.15) is 0 Å². The number of nitrogens with zero attached hydrogens (tertiary/aromatic N) is 1. The summed E-state index contributed by atoms with van der Waals surface area (Å²) in [4.78, 5) is 10.8. The Morgan fingerprint density at radius 1 is 1.14 bits per heavy atom. The Morgan fingerprint density at radius 3 is 2.49 bits per heavy atom. The Hall–Kier alpha value is -3.10. The molecule has 4 rings (SSSR count). The molecule has 1 aromatic heterocycles. The summed E-state index contributed by atoms with van der Waals surface area (Å²) in [5, 5.41) is 10.7. The number of aliphatic carboxylic acids is 1. The molecule has 0 spiro atoms. The molecule has 0 saturated heterocycles. The SMILES string of the molecule is Cc1csc(S(=O)(=O)N(CC(C)C)c2cc3c(cc2OCc2ccc(C=CC(=O)O)cc2C)CCC3)c1. The molecular formula is C29H33NO5S2. The van der Waals surface area contributed by atoms with Gasteiger partial charge < -0.3 is 9.84 Å². The van der Waals surface area contributed by atoms with Gasteiger partial charge in [0.25, 0.3) is 10.0 Å². The average molecular weight is 540 g/mol. The van der Waals surface area contributed by atoms with Crippen LogP contribution in [0, 0.1) is 19.8 Å². The summed E-state index contributed by atoms with van der Waals surface area (Å²) in [6.45, 7) is 8.50. The maximum absolute atomic E-state index is 13.8. The maximum atomic E-state index is 13.8. The molecule has 8 heteroatoms. The van der Waals surface area contributed by atoms with Crippen LogP contribution < -0.4 is 9.04 Å². The van der Waals surface area contributed by atoms with Crippen molar-refractivity contribution in [2.75, 3.05) is 10.8 Å². The van der Waals surface area contributed by atoms with Crippen LogP contribution in [0.2, 0.25) is 0 Å². The van der Waals surface area contributed by atoms with Gasteiger partial charge in [-0.3, -0.25) is 4.31 Å². The molecule has 1 N–H and O–H groups in total. The molecule has 0 fully saturated rings. The summed E-state index contributed by atoms with van der Waals surface area (Å²) >= 11 is 1.24. The van der Waals surface area contributed by atoms with Gasteiger partial charge in [0.2, 0.25) is 0 Å². The van der Waals surface area contributed by atoms with Gasteiger partial charge in [0.05, 0.1) is 5.69 Å². The summed E-state index contributed by atoms with van der Waals surface area (Å²) in [5.41, 5.74) is 6.61. The zero-order valence-corrected chi connectivity index (χ0v) is 23.3. The van der Waals surface area contributed by atoms with Crippen molar-refractivity contribution in [3.8, 4) is 5.75 Å². The molecule has 196 valence electrons. The van der Waals surface area contributed by atoms with Gasteiger partial charge in [0.1, 0.15) is 16.6 Å². The van der Waals surface area contributed by atoms with Crippen molar-refractivity contribution in [1.29, 1.82) is 0 Å². The summed E-state index contributed by atoms with van der Waals surface area (Å²) in [6.07, 6.45) is 5.60. The van der Waals surface area contributed by atoms with Gasteiger partial charge in [-0.25, -0.2) is 13.2 Å². The van der Waals surface area contributed by atoms with Gasteiger partial charge in [-0.1, -0.05) is 32.0 Å². The third-order valence-corrected chi connectivity index (χ3v) is 9.70. The first-order valence-corrected chi connectivity index (χ1v) is 14.7. The van der Waals surface area contributed by atoms with Crippen molar-refractivity contribution >= 4 is 39.1 Å². The molecule has 37 heavy (non-hydrogen) atoms. The van der Waals surface area contributed by atoms with Crippen LogP contribution in [0.3, 0.4) is 0 Å². The van der Waals surface area contributed by atoms with Gasteiger partial charge in [-0.15, -0.1) is 11.3 Å². The molecule has 0 atom stereocenters. The Balaban J connectivity index is 1.70. The Morgan fingerprint density at radius 2 is 1.86 bits per heavy atom. The third kappa shape index (κ3) is 6.25. The topological polar surface area (TPSA) is 83.9 Å². The van der Waals surface area contributed by atoms with E-state index in [0.717, 1.165) is 47.6 Å². The molecule has 1 heterocycles. The summed E-state index contributed by atoms with van der Waals surface area (Å²) in [7, 11) is -3.76. The Bertz CT molecular complexity index is 1440. The van der Waals surface area contributed by atoms with E-state index in [-0.39, 0.29) is 12.5 Å². The van der Waals surface area contributed by atoms with Crippen molar-refractivity contribution in [3.63, 3.8) is 0 Å². The lowest BCUT2D eigenvalue weighted by atomic mass is 10.0. The van der Waals surface area contributed by atoms with Crippen LogP contribution in [0.5, 0.6) is 5.75 Å². The second-order valence-corrected chi connectivity index (χ2v) is 13.0. The molecule has 2 aromatic carbocycles. The van der Waals surface area contributed by atoms with E-state index >= 15 is 0 Å². The lowest BCUT2D eigenvalue weighted by molar-refractivity contribution is -0.131. The highest BCUT2D eigenvalue weighted by Crippen LogP contribution is 2.40. The van der Waals surface area contributed by atoms with Crippen LogP contribution in [0.1, 0.15) is 53.6 Å². The van der Waals surface area contributed by atoms with E-state index in [2.05, 4.69) is 0 Å². The monoisotopic (exact) mass is 539 g/mol.